The summed E-state index contributed by atoms with van der Waals surface area (Å²) in [7, 11) is 0. The summed E-state index contributed by atoms with van der Waals surface area (Å²) in [5.41, 5.74) is 0.541. The van der Waals surface area contributed by atoms with Crippen LogP contribution in [0.15, 0.2) is 30.6 Å². The quantitative estimate of drug-likeness (QED) is 0.764. The molecule has 1 aromatic heterocycles. The number of benzene rings is 1. The number of hydrogen-bond acceptors (Lipinski definition) is 2. The third kappa shape index (κ3) is 2.08. The van der Waals surface area contributed by atoms with Crippen molar-refractivity contribution in [3.63, 3.8) is 0 Å². The molecule has 0 N–H and O–H groups in total. The number of rotatable bonds is 1. The molecule has 2 nitrogen and oxygen atoms in total. The molecule has 0 fully saturated rings. The van der Waals surface area contributed by atoms with Crippen molar-refractivity contribution in [1.29, 1.82) is 0 Å². The van der Waals surface area contributed by atoms with Crippen molar-refractivity contribution in [2.24, 2.45) is 0 Å². The standard InChI is InChI=1S/C10H5Cl2FN2/c11-6-1-2-8(13)7(5-6)9-10(12)15-4-3-14-9/h1-5H. The highest BCUT2D eigenvalue weighted by Gasteiger charge is 2.11. The Labute approximate surface area is 95.7 Å². The lowest BCUT2D eigenvalue weighted by Crippen LogP contribution is -1.90. The topological polar surface area (TPSA) is 25.8 Å². The molecule has 0 radical (unpaired) electrons. The SMILES string of the molecule is Fc1ccc(Cl)cc1-c1nccnc1Cl. The van der Waals surface area contributed by atoms with Crippen molar-refractivity contribution in [3.05, 3.63) is 46.6 Å². The second kappa shape index (κ2) is 4.13. The van der Waals surface area contributed by atoms with Gasteiger partial charge in [-0.25, -0.2) is 9.37 Å². The molecule has 15 heavy (non-hydrogen) atoms. The lowest BCUT2D eigenvalue weighted by Gasteiger charge is -2.03. The highest BCUT2D eigenvalue weighted by Crippen LogP contribution is 2.28. The predicted molar refractivity (Wildman–Crippen MR) is 57.4 cm³/mol. The number of nitrogens with zero attached hydrogens (tertiary/aromatic N) is 2. The molecule has 0 saturated heterocycles. The molecule has 0 bridgehead atoms. The van der Waals surface area contributed by atoms with Crippen molar-refractivity contribution in [2.75, 3.05) is 0 Å². The van der Waals surface area contributed by atoms with Crippen LogP contribution < -0.4 is 0 Å². The Morgan fingerprint density at radius 2 is 1.80 bits per heavy atom. The van der Waals surface area contributed by atoms with Gasteiger partial charge >= 0.3 is 0 Å². The summed E-state index contributed by atoms with van der Waals surface area (Å²) in [6.45, 7) is 0. The van der Waals surface area contributed by atoms with Gasteiger partial charge in [0, 0.05) is 23.0 Å². The number of hydrogen-bond donors (Lipinski definition) is 0. The first kappa shape index (κ1) is 10.3. The molecule has 0 atom stereocenters. The molecule has 0 aliphatic rings. The van der Waals surface area contributed by atoms with E-state index in [1.165, 1.54) is 30.6 Å². The third-order valence-electron chi connectivity index (χ3n) is 1.84. The van der Waals surface area contributed by atoms with Gasteiger partial charge in [-0.05, 0) is 18.2 Å². The molecule has 0 saturated carbocycles. The van der Waals surface area contributed by atoms with Crippen LogP contribution in [-0.2, 0) is 0 Å². The van der Waals surface area contributed by atoms with Gasteiger partial charge in [0.05, 0.1) is 0 Å². The summed E-state index contributed by atoms with van der Waals surface area (Å²) in [5.74, 6) is -0.429. The number of halogens is 3. The van der Waals surface area contributed by atoms with Crippen molar-refractivity contribution in [3.8, 4) is 11.3 Å². The minimum atomic E-state index is -0.429. The van der Waals surface area contributed by atoms with Crippen LogP contribution in [0.1, 0.15) is 0 Å². The van der Waals surface area contributed by atoms with E-state index in [0.717, 1.165) is 0 Å². The van der Waals surface area contributed by atoms with E-state index in [0.29, 0.717) is 10.7 Å². The summed E-state index contributed by atoms with van der Waals surface area (Å²) in [6.07, 6.45) is 2.88. The lowest BCUT2D eigenvalue weighted by molar-refractivity contribution is 0.630. The van der Waals surface area contributed by atoms with E-state index in [2.05, 4.69) is 9.97 Å². The van der Waals surface area contributed by atoms with Crippen molar-refractivity contribution in [2.45, 2.75) is 0 Å². The molecular formula is C10H5Cl2FN2. The first-order chi connectivity index (χ1) is 7.18. The molecular weight excluding hydrogens is 238 g/mol. The van der Waals surface area contributed by atoms with E-state index in [1.807, 2.05) is 0 Å². The normalized spacial score (nSPS) is 10.3. The van der Waals surface area contributed by atoms with E-state index >= 15 is 0 Å². The lowest BCUT2D eigenvalue weighted by atomic mass is 10.1. The van der Waals surface area contributed by atoms with Gasteiger partial charge in [0.25, 0.3) is 0 Å². The molecule has 0 amide bonds. The van der Waals surface area contributed by atoms with Gasteiger partial charge in [-0.3, -0.25) is 4.98 Å². The highest BCUT2D eigenvalue weighted by molar-refractivity contribution is 6.32. The van der Waals surface area contributed by atoms with Gasteiger partial charge in [0.15, 0.2) is 5.15 Å². The van der Waals surface area contributed by atoms with Gasteiger partial charge < -0.3 is 0 Å². The van der Waals surface area contributed by atoms with Gasteiger partial charge in [-0.1, -0.05) is 23.2 Å². The van der Waals surface area contributed by atoms with E-state index in [4.69, 9.17) is 23.2 Å². The largest absolute Gasteiger partial charge is 0.251 e. The molecule has 0 aliphatic carbocycles. The van der Waals surface area contributed by atoms with Gasteiger partial charge in [0.1, 0.15) is 11.5 Å². The summed E-state index contributed by atoms with van der Waals surface area (Å²) in [6, 6.07) is 4.19. The van der Waals surface area contributed by atoms with E-state index in [-0.39, 0.29) is 10.7 Å². The van der Waals surface area contributed by atoms with Gasteiger partial charge in [0.2, 0.25) is 0 Å². The van der Waals surface area contributed by atoms with Crippen LogP contribution in [0.3, 0.4) is 0 Å². The monoisotopic (exact) mass is 242 g/mol. The zero-order chi connectivity index (χ0) is 10.8. The van der Waals surface area contributed by atoms with E-state index < -0.39 is 5.82 Å². The Morgan fingerprint density at radius 1 is 1.07 bits per heavy atom. The molecule has 76 valence electrons. The van der Waals surface area contributed by atoms with Crippen LogP contribution in [0.5, 0.6) is 0 Å². The fraction of sp³-hybridized carbons (Fsp3) is 0. The predicted octanol–water partition coefficient (Wildman–Crippen LogP) is 3.59. The van der Waals surface area contributed by atoms with Crippen molar-refractivity contribution < 1.29 is 4.39 Å². The van der Waals surface area contributed by atoms with Crippen LogP contribution in [-0.4, -0.2) is 9.97 Å². The van der Waals surface area contributed by atoms with Crippen LogP contribution in [0.2, 0.25) is 10.2 Å². The fourth-order valence-electron chi connectivity index (χ4n) is 1.18. The average Bonchev–Trinajstić information content (AvgIpc) is 2.23. The fourth-order valence-corrected chi connectivity index (χ4v) is 1.56. The smallest absolute Gasteiger partial charge is 0.155 e. The Balaban J connectivity index is 2.64. The molecule has 0 aliphatic heterocycles. The molecule has 0 unspecified atom stereocenters. The average molecular weight is 243 g/mol. The van der Waals surface area contributed by atoms with Crippen LogP contribution >= 0.6 is 23.2 Å². The molecule has 0 spiro atoms. The maximum absolute atomic E-state index is 13.5. The second-order valence-corrected chi connectivity index (χ2v) is 3.61. The zero-order valence-electron chi connectivity index (χ0n) is 7.42. The molecule has 1 aromatic carbocycles. The maximum Gasteiger partial charge on any atom is 0.155 e. The van der Waals surface area contributed by atoms with E-state index in [1.54, 1.807) is 0 Å². The Hall–Kier alpha value is -1.19. The van der Waals surface area contributed by atoms with Crippen LogP contribution in [0, 0.1) is 5.82 Å². The summed E-state index contributed by atoms with van der Waals surface area (Å²) >= 11 is 11.6. The second-order valence-electron chi connectivity index (χ2n) is 2.82. The van der Waals surface area contributed by atoms with Crippen LogP contribution in [0.25, 0.3) is 11.3 Å². The van der Waals surface area contributed by atoms with Gasteiger partial charge in [-0.15, -0.1) is 0 Å². The zero-order valence-corrected chi connectivity index (χ0v) is 8.93. The minimum absolute atomic E-state index is 0.152. The maximum atomic E-state index is 13.5. The minimum Gasteiger partial charge on any atom is -0.251 e. The Bertz CT molecular complexity index is 503. The molecule has 5 heteroatoms. The molecule has 2 rings (SSSR count). The van der Waals surface area contributed by atoms with E-state index in [9.17, 15) is 4.39 Å². The van der Waals surface area contributed by atoms with Crippen molar-refractivity contribution >= 4 is 23.2 Å². The number of aromatic nitrogens is 2. The molecule has 2 aromatic rings. The summed E-state index contributed by atoms with van der Waals surface area (Å²) < 4.78 is 13.5. The Morgan fingerprint density at radius 3 is 2.53 bits per heavy atom. The van der Waals surface area contributed by atoms with Crippen molar-refractivity contribution in [1.82, 2.24) is 9.97 Å². The molecule has 1 heterocycles. The Kier molecular flexibility index (Phi) is 2.84. The first-order valence-electron chi connectivity index (χ1n) is 4.10. The van der Waals surface area contributed by atoms with Crippen LogP contribution in [0.4, 0.5) is 4.39 Å². The van der Waals surface area contributed by atoms with Gasteiger partial charge in [-0.2, -0.15) is 0 Å². The summed E-state index contributed by atoms with van der Waals surface area (Å²) in [4.78, 5) is 7.78. The highest BCUT2D eigenvalue weighted by atomic mass is 35.5. The first-order valence-corrected chi connectivity index (χ1v) is 4.86. The summed E-state index contributed by atoms with van der Waals surface area (Å²) in [5, 5.41) is 0.576. The third-order valence-corrected chi connectivity index (χ3v) is 2.35.